The molecule has 10 nitrogen and oxygen atoms in total. The number of ether oxygens (including phenoxy) is 1. The molecule has 12 heteroatoms. The highest BCUT2D eigenvalue weighted by atomic mass is 35.5. The number of amides is 2. The number of phenolic OH excluding ortho intramolecular Hbond substituents is 1. The van der Waals surface area contributed by atoms with E-state index in [0.717, 1.165) is 15.2 Å². The molecule has 0 saturated heterocycles. The van der Waals surface area contributed by atoms with Gasteiger partial charge >= 0.3 is 6.03 Å². The standard InChI is InChI=1S/C31H29ClN6O4S/c1-31(2,3)27-20(19-10-8-11-21(32)26(19)40)16-37(35-27)36-29(41)33-15-18-9-4-6-13-24(18)42-28-23(17-39)38-22-12-5-7-14-25(22)43-30(38)34-28/h4-14,16,39-40H,15,17H2,1-3H3,(H2,33,36,41). The average Bonchev–Trinajstić information content (AvgIpc) is 3.65. The summed E-state index contributed by atoms with van der Waals surface area (Å²) in [6.07, 6.45) is 1.65. The van der Waals surface area contributed by atoms with Crippen molar-refractivity contribution < 1.29 is 19.7 Å². The monoisotopic (exact) mass is 616 g/mol. The van der Waals surface area contributed by atoms with Crippen molar-refractivity contribution >= 4 is 44.1 Å². The molecule has 0 spiro atoms. The molecule has 2 amide bonds. The largest absolute Gasteiger partial charge is 0.506 e. The Balaban J connectivity index is 1.20. The molecule has 3 aromatic heterocycles. The fourth-order valence-corrected chi connectivity index (χ4v) is 6.07. The van der Waals surface area contributed by atoms with Crippen LogP contribution in [-0.2, 0) is 18.6 Å². The Kier molecular flexibility index (Phi) is 7.47. The Bertz CT molecular complexity index is 1970. The van der Waals surface area contributed by atoms with Gasteiger partial charge in [0.1, 0.15) is 17.2 Å². The topological polar surface area (TPSA) is 126 Å². The maximum atomic E-state index is 12.9. The Labute approximate surface area is 256 Å². The second kappa shape index (κ2) is 11.3. The third-order valence-corrected chi connectivity index (χ3v) is 8.23. The van der Waals surface area contributed by atoms with Crippen LogP contribution in [0.15, 0.2) is 72.9 Å². The number of para-hydroxylation sites is 3. The number of hydrogen-bond acceptors (Lipinski definition) is 7. The summed E-state index contributed by atoms with van der Waals surface area (Å²) in [5.41, 5.74) is 6.39. The van der Waals surface area contributed by atoms with E-state index in [4.69, 9.17) is 16.3 Å². The average molecular weight is 617 g/mol. The number of aromatic nitrogens is 4. The van der Waals surface area contributed by atoms with E-state index in [1.807, 2.05) is 67.6 Å². The van der Waals surface area contributed by atoms with Gasteiger partial charge in [0.2, 0.25) is 5.88 Å². The minimum absolute atomic E-state index is 0.0506. The first kappa shape index (κ1) is 28.5. The van der Waals surface area contributed by atoms with Gasteiger partial charge in [-0.05, 0) is 24.3 Å². The predicted octanol–water partition coefficient (Wildman–Crippen LogP) is 6.81. The number of thiazole rings is 1. The molecule has 220 valence electrons. The van der Waals surface area contributed by atoms with E-state index >= 15 is 0 Å². The summed E-state index contributed by atoms with van der Waals surface area (Å²) in [5.74, 6) is 0.755. The third-order valence-electron chi connectivity index (χ3n) is 6.90. The molecule has 0 saturated carbocycles. The number of rotatable bonds is 7. The number of phenols is 1. The van der Waals surface area contributed by atoms with Crippen molar-refractivity contribution in [1.82, 2.24) is 24.6 Å². The van der Waals surface area contributed by atoms with Crippen LogP contribution in [0.5, 0.6) is 17.4 Å². The summed E-state index contributed by atoms with van der Waals surface area (Å²) in [5, 5.41) is 28.4. The van der Waals surface area contributed by atoms with Gasteiger partial charge in [-0.25, -0.2) is 10.2 Å². The summed E-state index contributed by atoms with van der Waals surface area (Å²) in [4.78, 5) is 19.6. The van der Waals surface area contributed by atoms with Crippen LogP contribution >= 0.6 is 22.9 Å². The van der Waals surface area contributed by atoms with Crippen LogP contribution in [0.25, 0.3) is 26.3 Å². The summed E-state index contributed by atoms with van der Waals surface area (Å²) in [7, 11) is 0. The van der Waals surface area contributed by atoms with Gasteiger partial charge in [0.25, 0.3) is 0 Å². The highest BCUT2D eigenvalue weighted by Gasteiger charge is 2.26. The number of benzene rings is 3. The Morgan fingerprint density at radius 3 is 2.60 bits per heavy atom. The fraction of sp³-hybridized carbons (Fsp3) is 0.194. The fourth-order valence-electron chi connectivity index (χ4n) is 4.86. The van der Waals surface area contributed by atoms with Crippen LogP contribution in [0.2, 0.25) is 5.02 Å². The van der Waals surface area contributed by atoms with Crippen molar-refractivity contribution in [3.8, 4) is 28.5 Å². The van der Waals surface area contributed by atoms with E-state index in [2.05, 4.69) is 20.8 Å². The number of nitrogens with one attached hydrogen (secondary N) is 2. The van der Waals surface area contributed by atoms with E-state index in [-0.39, 0.29) is 29.3 Å². The van der Waals surface area contributed by atoms with Crippen molar-refractivity contribution in [3.05, 3.63) is 94.9 Å². The Morgan fingerprint density at radius 1 is 1.05 bits per heavy atom. The highest BCUT2D eigenvalue weighted by Crippen LogP contribution is 2.39. The van der Waals surface area contributed by atoms with Gasteiger partial charge in [-0.3, -0.25) is 4.40 Å². The maximum Gasteiger partial charge on any atom is 0.335 e. The van der Waals surface area contributed by atoms with Crippen molar-refractivity contribution in [1.29, 1.82) is 0 Å². The molecular weight excluding hydrogens is 588 g/mol. The Morgan fingerprint density at radius 2 is 1.81 bits per heavy atom. The van der Waals surface area contributed by atoms with Crippen LogP contribution in [0.3, 0.4) is 0 Å². The maximum absolute atomic E-state index is 12.9. The zero-order valence-corrected chi connectivity index (χ0v) is 25.2. The van der Waals surface area contributed by atoms with E-state index in [1.54, 1.807) is 30.5 Å². The lowest BCUT2D eigenvalue weighted by molar-refractivity contribution is 0.248. The van der Waals surface area contributed by atoms with Crippen molar-refractivity contribution in [2.75, 3.05) is 5.43 Å². The van der Waals surface area contributed by atoms with Gasteiger partial charge in [0.15, 0.2) is 4.96 Å². The number of nitrogens with zero attached hydrogens (tertiary/aromatic N) is 4. The summed E-state index contributed by atoms with van der Waals surface area (Å²) in [6, 6.07) is 19.8. The lowest BCUT2D eigenvalue weighted by Gasteiger charge is -2.18. The van der Waals surface area contributed by atoms with Crippen molar-refractivity contribution in [2.24, 2.45) is 0 Å². The first-order valence-corrected chi connectivity index (χ1v) is 14.7. The van der Waals surface area contributed by atoms with Crippen LogP contribution < -0.4 is 15.5 Å². The molecule has 6 aromatic rings. The van der Waals surface area contributed by atoms with Crippen LogP contribution in [-0.4, -0.2) is 35.5 Å². The van der Waals surface area contributed by atoms with E-state index in [1.165, 1.54) is 16.1 Å². The molecule has 0 radical (unpaired) electrons. The van der Waals surface area contributed by atoms with Gasteiger partial charge in [0, 0.05) is 28.7 Å². The van der Waals surface area contributed by atoms with Crippen LogP contribution in [0, 0.1) is 0 Å². The molecule has 0 aliphatic carbocycles. The minimum Gasteiger partial charge on any atom is -0.506 e. The molecule has 3 heterocycles. The second-order valence-electron chi connectivity index (χ2n) is 10.9. The minimum atomic E-state index is -0.496. The molecule has 0 aliphatic heterocycles. The molecule has 3 aromatic carbocycles. The lowest BCUT2D eigenvalue weighted by atomic mass is 9.87. The summed E-state index contributed by atoms with van der Waals surface area (Å²) in [6.45, 7) is 5.88. The molecular formula is C31H29ClN6O4S. The zero-order chi connectivity index (χ0) is 30.3. The van der Waals surface area contributed by atoms with Gasteiger partial charge in [-0.15, -0.1) is 0 Å². The molecule has 4 N–H and O–H groups in total. The highest BCUT2D eigenvalue weighted by molar-refractivity contribution is 7.23. The summed E-state index contributed by atoms with van der Waals surface area (Å²) >= 11 is 7.67. The smallest absolute Gasteiger partial charge is 0.335 e. The van der Waals surface area contributed by atoms with E-state index < -0.39 is 6.03 Å². The molecule has 0 bridgehead atoms. The third kappa shape index (κ3) is 5.50. The predicted molar refractivity (Wildman–Crippen MR) is 168 cm³/mol. The number of hydrogen-bond donors (Lipinski definition) is 4. The number of urea groups is 1. The first-order valence-electron chi connectivity index (χ1n) is 13.5. The lowest BCUT2D eigenvalue weighted by Crippen LogP contribution is -2.34. The molecule has 0 unspecified atom stereocenters. The van der Waals surface area contributed by atoms with Crippen molar-refractivity contribution in [3.63, 3.8) is 0 Å². The summed E-state index contributed by atoms with van der Waals surface area (Å²) < 4.78 is 9.15. The number of aromatic hydroxyl groups is 1. The van der Waals surface area contributed by atoms with E-state index in [9.17, 15) is 15.0 Å². The molecule has 0 aliphatic rings. The number of aliphatic hydroxyl groups is 1. The molecule has 43 heavy (non-hydrogen) atoms. The number of halogens is 1. The second-order valence-corrected chi connectivity index (χ2v) is 12.4. The van der Waals surface area contributed by atoms with Gasteiger partial charge in [0.05, 0.1) is 33.7 Å². The number of aliphatic hydroxyl groups excluding tert-OH is 1. The Hall–Kier alpha value is -4.58. The van der Waals surface area contributed by atoms with E-state index in [0.29, 0.717) is 39.7 Å². The number of carbonyl (C=O) groups is 1. The number of carbonyl (C=O) groups excluding carboxylic acids is 1. The van der Waals surface area contributed by atoms with Crippen LogP contribution in [0.4, 0.5) is 4.79 Å². The number of fused-ring (bicyclic) bond motifs is 3. The normalized spacial score (nSPS) is 11.7. The number of imidazole rings is 1. The van der Waals surface area contributed by atoms with Gasteiger partial charge < -0.3 is 20.3 Å². The molecule has 6 rings (SSSR count). The van der Waals surface area contributed by atoms with Crippen LogP contribution in [0.1, 0.15) is 37.7 Å². The SMILES string of the molecule is CC(C)(C)c1nn(NC(=O)NCc2ccccc2Oc2nc3sc4ccccc4n3c2CO)cc1-c1cccc(Cl)c1O. The molecule has 0 fully saturated rings. The quantitative estimate of drug-likeness (QED) is 0.156. The van der Waals surface area contributed by atoms with Gasteiger partial charge in [-0.1, -0.05) is 86.2 Å². The van der Waals surface area contributed by atoms with Gasteiger partial charge in [-0.2, -0.15) is 14.9 Å². The van der Waals surface area contributed by atoms with Crippen molar-refractivity contribution in [2.45, 2.75) is 39.3 Å². The zero-order valence-electron chi connectivity index (χ0n) is 23.6. The molecule has 0 atom stereocenters. The first-order chi connectivity index (χ1) is 20.6.